The van der Waals surface area contributed by atoms with E-state index in [1.54, 1.807) is 24.3 Å². The molecule has 0 fully saturated rings. The standard InChI is InChI=1S/C26H27ClN2O2/c1-16-6-11-21(12-17(16)2)29-18(3)13-22-23(14-26(4,5)15-24(22)29)28-31-25(30)19-7-9-20(27)10-8-19/h6-13H,14-15H2,1-5H3/b28-23+. The average Bonchev–Trinajstić information content (AvgIpc) is 3.03. The van der Waals surface area contributed by atoms with E-state index in [9.17, 15) is 4.79 Å². The molecule has 0 bridgehead atoms. The van der Waals surface area contributed by atoms with Gasteiger partial charge in [-0.25, -0.2) is 4.79 Å². The van der Waals surface area contributed by atoms with Crippen LogP contribution in [0.2, 0.25) is 5.02 Å². The monoisotopic (exact) mass is 434 g/mol. The fourth-order valence-electron chi connectivity index (χ4n) is 4.22. The van der Waals surface area contributed by atoms with Gasteiger partial charge < -0.3 is 9.40 Å². The number of aromatic nitrogens is 1. The zero-order chi connectivity index (χ0) is 22.3. The lowest BCUT2D eigenvalue weighted by molar-refractivity contribution is 0.0514. The van der Waals surface area contributed by atoms with Crippen molar-refractivity contribution in [3.63, 3.8) is 0 Å². The predicted molar refractivity (Wildman–Crippen MR) is 125 cm³/mol. The Balaban J connectivity index is 1.72. The second-order valence-corrected chi connectivity index (χ2v) is 9.63. The van der Waals surface area contributed by atoms with Crippen LogP contribution >= 0.6 is 11.6 Å². The van der Waals surface area contributed by atoms with Crippen molar-refractivity contribution in [1.82, 2.24) is 4.57 Å². The third-order valence-corrected chi connectivity index (χ3v) is 6.21. The Hall–Kier alpha value is -2.85. The minimum atomic E-state index is -0.487. The third-order valence-electron chi connectivity index (χ3n) is 5.96. The lowest BCUT2D eigenvalue weighted by Crippen LogP contribution is -2.28. The SMILES string of the molecule is Cc1ccc(-n2c(C)cc3c2CC(C)(C)C/C3=N\OC(=O)c2ccc(Cl)cc2)cc1C. The van der Waals surface area contributed by atoms with Crippen molar-refractivity contribution in [1.29, 1.82) is 0 Å². The lowest BCUT2D eigenvalue weighted by atomic mass is 9.76. The first-order valence-corrected chi connectivity index (χ1v) is 10.9. The van der Waals surface area contributed by atoms with Crippen molar-refractivity contribution in [2.45, 2.75) is 47.5 Å². The summed E-state index contributed by atoms with van der Waals surface area (Å²) in [5, 5.41) is 4.89. The molecule has 160 valence electrons. The number of hydrogen-bond acceptors (Lipinski definition) is 3. The third kappa shape index (κ3) is 4.31. The number of fused-ring (bicyclic) bond motifs is 1. The smallest absolute Gasteiger partial charge is 0.318 e. The van der Waals surface area contributed by atoms with Gasteiger partial charge in [0.15, 0.2) is 0 Å². The summed E-state index contributed by atoms with van der Waals surface area (Å²) in [5.41, 5.74) is 8.32. The van der Waals surface area contributed by atoms with E-state index in [0.29, 0.717) is 10.6 Å². The topological polar surface area (TPSA) is 43.6 Å². The highest BCUT2D eigenvalue weighted by Crippen LogP contribution is 2.38. The Bertz CT molecular complexity index is 1190. The maximum atomic E-state index is 12.5. The molecule has 0 N–H and O–H groups in total. The minimum absolute atomic E-state index is 0.000792. The number of halogens is 1. The first kappa shape index (κ1) is 21.4. The summed E-state index contributed by atoms with van der Waals surface area (Å²) >= 11 is 5.91. The number of carbonyl (C=O) groups is 1. The van der Waals surface area contributed by atoms with Crippen molar-refractivity contribution in [3.8, 4) is 5.69 Å². The van der Waals surface area contributed by atoms with Gasteiger partial charge in [-0.2, -0.15) is 0 Å². The molecule has 1 aliphatic rings. The van der Waals surface area contributed by atoms with Crippen LogP contribution in [0.4, 0.5) is 0 Å². The zero-order valence-electron chi connectivity index (χ0n) is 18.6. The van der Waals surface area contributed by atoms with Gasteiger partial charge in [0, 0.05) is 27.7 Å². The number of nitrogens with zero attached hydrogens (tertiary/aromatic N) is 2. The molecule has 0 atom stereocenters. The van der Waals surface area contributed by atoms with Crippen LogP contribution in [-0.2, 0) is 11.3 Å². The summed E-state index contributed by atoms with van der Waals surface area (Å²) in [6.07, 6.45) is 1.66. The molecule has 3 aromatic rings. The van der Waals surface area contributed by atoms with E-state index in [-0.39, 0.29) is 5.41 Å². The molecule has 5 heteroatoms. The fraction of sp³-hybridized carbons (Fsp3) is 0.308. The number of benzene rings is 2. The number of hydrogen-bond donors (Lipinski definition) is 0. The molecule has 0 saturated heterocycles. The zero-order valence-corrected chi connectivity index (χ0v) is 19.4. The molecule has 1 aliphatic carbocycles. The van der Waals surface area contributed by atoms with Gasteiger partial charge in [0.2, 0.25) is 0 Å². The van der Waals surface area contributed by atoms with E-state index in [0.717, 1.165) is 35.5 Å². The molecule has 0 saturated carbocycles. The molecule has 31 heavy (non-hydrogen) atoms. The summed E-state index contributed by atoms with van der Waals surface area (Å²) in [7, 11) is 0. The highest BCUT2D eigenvalue weighted by atomic mass is 35.5. The van der Waals surface area contributed by atoms with Crippen molar-refractivity contribution >= 4 is 23.3 Å². The molecule has 2 aromatic carbocycles. The van der Waals surface area contributed by atoms with Gasteiger partial charge in [0.05, 0.1) is 11.3 Å². The largest absolute Gasteiger partial charge is 0.365 e. The van der Waals surface area contributed by atoms with Gasteiger partial charge in [-0.15, -0.1) is 0 Å². The van der Waals surface area contributed by atoms with Gasteiger partial charge in [0.1, 0.15) is 0 Å². The van der Waals surface area contributed by atoms with Crippen LogP contribution in [0.1, 0.15) is 58.7 Å². The molecule has 0 amide bonds. The molecule has 1 aromatic heterocycles. The summed E-state index contributed by atoms with van der Waals surface area (Å²) in [6.45, 7) is 10.8. The molecular formula is C26H27ClN2O2. The number of aryl methyl sites for hydroxylation is 3. The molecule has 0 radical (unpaired) electrons. The molecule has 0 spiro atoms. The van der Waals surface area contributed by atoms with E-state index >= 15 is 0 Å². The molecule has 0 aliphatic heterocycles. The van der Waals surface area contributed by atoms with Crippen molar-refractivity contribution in [2.75, 3.05) is 0 Å². The Labute approximate surface area is 188 Å². The minimum Gasteiger partial charge on any atom is -0.318 e. The van der Waals surface area contributed by atoms with Gasteiger partial charge in [-0.05, 0) is 92.6 Å². The number of carbonyl (C=O) groups excluding carboxylic acids is 1. The molecule has 4 rings (SSSR count). The van der Waals surface area contributed by atoms with E-state index in [1.165, 1.54) is 16.8 Å². The van der Waals surface area contributed by atoms with Gasteiger partial charge in [-0.1, -0.05) is 36.7 Å². The quantitative estimate of drug-likeness (QED) is 0.344. The first-order valence-electron chi connectivity index (χ1n) is 10.5. The summed E-state index contributed by atoms with van der Waals surface area (Å²) < 4.78 is 2.30. The predicted octanol–water partition coefficient (Wildman–Crippen LogP) is 6.59. The fourth-order valence-corrected chi connectivity index (χ4v) is 4.35. The van der Waals surface area contributed by atoms with Crippen LogP contribution in [0.5, 0.6) is 0 Å². The Morgan fingerprint density at radius 1 is 1.00 bits per heavy atom. The van der Waals surface area contributed by atoms with Crippen molar-refractivity contribution < 1.29 is 9.63 Å². The Kier molecular flexibility index (Phi) is 5.52. The van der Waals surface area contributed by atoms with Crippen LogP contribution in [0.15, 0.2) is 53.7 Å². The van der Waals surface area contributed by atoms with Gasteiger partial charge in [0.25, 0.3) is 0 Å². The van der Waals surface area contributed by atoms with E-state index in [4.69, 9.17) is 16.4 Å². The number of rotatable bonds is 3. The second-order valence-electron chi connectivity index (χ2n) is 9.19. The lowest BCUT2D eigenvalue weighted by Gasteiger charge is -2.31. The van der Waals surface area contributed by atoms with E-state index in [2.05, 4.69) is 68.6 Å². The molecule has 1 heterocycles. The van der Waals surface area contributed by atoms with Crippen LogP contribution in [0, 0.1) is 26.2 Å². The first-order chi connectivity index (χ1) is 14.6. The maximum Gasteiger partial charge on any atom is 0.365 e. The van der Waals surface area contributed by atoms with Crippen molar-refractivity contribution in [2.24, 2.45) is 10.6 Å². The molecule has 0 unspecified atom stereocenters. The normalized spacial score (nSPS) is 16.3. The highest BCUT2D eigenvalue weighted by molar-refractivity contribution is 6.30. The Morgan fingerprint density at radius 3 is 2.39 bits per heavy atom. The highest BCUT2D eigenvalue weighted by Gasteiger charge is 2.33. The Morgan fingerprint density at radius 2 is 1.71 bits per heavy atom. The summed E-state index contributed by atoms with van der Waals surface area (Å²) in [4.78, 5) is 17.8. The number of oxime groups is 1. The van der Waals surface area contributed by atoms with Crippen LogP contribution in [0.25, 0.3) is 5.69 Å². The summed E-state index contributed by atoms with van der Waals surface area (Å²) in [5.74, 6) is -0.487. The van der Waals surface area contributed by atoms with Crippen LogP contribution < -0.4 is 0 Å². The summed E-state index contributed by atoms with van der Waals surface area (Å²) in [6, 6.07) is 15.3. The van der Waals surface area contributed by atoms with E-state index in [1.807, 2.05) is 0 Å². The average molecular weight is 435 g/mol. The molecule has 4 nitrogen and oxygen atoms in total. The van der Waals surface area contributed by atoms with Crippen LogP contribution in [-0.4, -0.2) is 16.2 Å². The van der Waals surface area contributed by atoms with Crippen molar-refractivity contribution in [3.05, 3.63) is 87.2 Å². The van der Waals surface area contributed by atoms with E-state index < -0.39 is 5.97 Å². The van der Waals surface area contributed by atoms with Gasteiger partial charge >= 0.3 is 5.97 Å². The molecular weight excluding hydrogens is 408 g/mol. The van der Waals surface area contributed by atoms with Gasteiger partial charge in [-0.3, -0.25) is 0 Å². The van der Waals surface area contributed by atoms with Crippen LogP contribution in [0.3, 0.4) is 0 Å². The maximum absolute atomic E-state index is 12.5. The second kappa shape index (κ2) is 8.01.